The third-order valence-electron chi connectivity index (χ3n) is 3.41. The third-order valence-corrected chi connectivity index (χ3v) is 3.90. The van der Waals surface area contributed by atoms with Gasteiger partial charge in [-0.05, 0) is 25.5 Å². The fraction of sp³-hybridized carbons (Fsp3) is 0.385. The SMILES string of the molecule is CCCN1C(=O)NC(=N)C1(C)c1ccc(Br)cc1F. The third kappa shape index (κ3) is 2.14. The normalized spacial score (nSPS) is 22.8. The first-order valence-corrected chi connectivity index (χ1v) is 6.83. The number of rotatable bonds is 3. The van der Waals surface area contributed by atoms with E-state index >= 15 is 0 Å². The van der Waals surface area contributed by atoms with Crippen molar-refractivity contribution in [3.8, 4) is 0 Å². The van der Waals surface area contributed by atoms with Crippen LogP contribution >= 0.6 is 15.9 Å². The van der Waals surface area contributed by atoms with Crippen LogP contribution in [0.25, 0.3) is 0 Å². The minimum Gasteiger partial charge on any atom is -0.308 e. The average molecular weight is 328 g/mol. The number of carbonyl (C=O) groups excluding carboxylic acids is 1. The first-order valence-electron chi connectivity index (χ1n) is 6.04. The second-order valence-electron chi connectivity index (χ2n) is 4.65. The Morgan fingerprint density at radius 2 is 2.21 bits per heavy atom. The molecule has 2 rings (SSSR count). The van der Waals surface area contributed by atoms with Gasteiger partial charge in [-0.15, -0.1) is 0 Å². The predicted octanol–water partition coefficient (Wildman–Crippen LogP) is 3.22. The molecule has 0 saturated carbocycles. The highest BCUT2D eigenvalue weighted by atomic mass is 79.9. The number of halogens is 2. The van der Waals surface area contributed by atoms with Gasteiger partial charge < -0.3 is 4.90 Å². The van der Waals surface area contributed by atoms with Gasteiger partial charge in [-0.2, -0.15) is 0 Å². The highest BCUT2D eigenvalue weighted by Crippen LogP contribution is 2.35. The molecule has 1 atom stereocenters. The van der Waals surface area contributed by atoms with Gasteiger partial charge in [0.25, 0.3) is 0 Å². The molecule has 0 bridgehead atoms. The number of benzene rings is 1. The van der Waals surface area contributed by atoms with Crippen LogP contribution in [0.2, 0.25) is 0 Å². The van der Waals surface area contributed by atoms with Gasteiger partial charge in [0.05, 0.1) is 0 Å². The number of nitrogens with one attached hydrogen (secondary N) is 2. The maximum absolute atomic E-state index is 14.2. The topological polar surface area (TPSA) is 56.2 Å². The fourth-order valence-corrected chi connectivity index (χ4v) is 2.68. The van der Waals surface area contributed by atoms with Crippen LogP contribution in [0.5, 0.6) is 0 Å². The van der Waals surface area contributed by atoms with Gasteiger partial charge in [0, 0.05) is 16.6 Å². The van der Waals surface area contributed by atoms with Crippen LogP contribution in [0.15, 0.2) is 22.7 Å². The monoisotopic (exact) mass is 327 g/mol. The molecule has 1 saturated heterocycles. The van der Waals surface area contributed by atoms with Crippen LogP contribution in [0, 0.1) is 11.2 Å². The first kappa shape index (κ1) is 14.0. The largest absolute Gasteiger partial charge is 0.323 e. The molecule has 4 nitrogen and oxygen atoms in total. The Kier molecular flexibility index (Phi) is 3.62. The summed E-state index contributed by atoms with van der Waals surface area (Å²) in [5.41, 5.74) is -0.745. The summed E-state index contributed by atoms with van der Waals surface area (Å²) in [4.78, 5) is 13.4. The van der Waals surface area contributed by atoms with Crippen LogP contribution in [0.3, 0.4) is 0 Å². The van der Waals surface area contributed by atoms with E-state index in [0.29, 0.717) is 16.6 Å². The van der Waals surface area contributed by atoms with E-state index in [1.807, 2.05) is 6.92 Å². The Labute approximate surface area is 119 Å². The Bertz CT molecular complexity index is 549. The lowest BCUT2D eigenvalue weighted by molar-refractivity contribution is 0.178. The molecule has 2 amide bonds. The number of urea groups is 1. The van der Waals surface area contributed by atoms with Gasteiger partial charge in [-0.3, -0.25) is 10.7 Å². The second kappa shape index (κ2) is 4.92. The number of hydrogen-bond donors (Lipinski definition) is 2. The summed E-state index contributed by atoms with van der Waals surface area (Å²) < 4.78 is 14.8. The fourth-order valence-electron chi connectivity index (χ4n) is 2.35. The molecule has 2 N–H and O–H groups in total. The van der Waals surface area contributed by atoms with E-state index in [0.717, 1.165) is 6.42 Å². The first-order chi connectivity index (χ1) is 8.91. The van der Waals surface area contributed by atoms with E-state index in [1.165, 1.54) is 11.0 Å². The van der Waals surface area contributed by atoms with Crippen LogP contribution in [0.1, 0.15) is 25.8 Å². The van der Waals surface area contributed by atoms with Gasteiger partial charge in [0.1, 0.15) is 17.2 Å². The molecule has 1 aromatic carbocycles. The molecule has 0 radical (unpaired) electrons. The maximum atomic E-state index is 14.2. The van der Waals surface area contributed by atoms with E-state index in [2.05, 4.69) is 21.2 Å². The number of nitrogens with zero attached hydrogens (tertiary/aromatic N) is 1. The molecule has 102 valence electrons. The number of hydrogen-bond acceptors (Lipinski definition) is 2. The van der Waals surface area contributed by atoms with Crippen molar-refractivity contribution in [3.05, 3.63) is 34.1 Å². The lowest BCUT2D eigenvalue weighted by Gasteiger charge is -2.33. The summed E-state index contributed by atoms with van der Waals surface area (Å²) in [6, 6.07) is 4.32. The highest BCUT2D eigenvalue weighted by molar-refractivity contribution is 9.10. The molecule has 1 aliphatic rings. The van der Waals surface area contributed by atoms with E-state index in [4.69, 9.17) is 5.41 Å². The van der Waals surface area contributed by atoms with Crippen molar-refractivity contribution < 1.29 is 9.18 Å². The van der Waals surface area contributed by atoms with E-state index in [1.54, 1.807) is 19.1 Å². The molecule has 6 heteroatoms. The summed E-state index contributed by atoms with van der Waals surface area (Å²) in [6.45, 7) is 4.10. The lowest BCUT2D eigenvalue weighted by Crippen LogP contribution is -2.45. The van der Waals surface area contributed by atoms with Crippen LogP contribution in [-0.4, -0.2) is 23.3 Å². The van der Waals surface area contributed by atoms with Gasteiger partial charge in [-0.25, -0.2) is 9.18 Å². The van der Waals surface area contributed by atoms with Crippen LogP contribution in [0.4, 0.5) is 9.18 Å². The molecule has 1 aliphatic heterocycles. The molecular formula is C13H15BrFN3O. The standard InChI is InChI=1S/C13H15BrFN3O/c1-3-6-18-12(19)17-11(16)13(18,2)9-5-4-8(14)7-10(9)15/h4-5,7H,3,6H2,1-2H3,(H2,16,17,19). The maximum Gasteiger partial charge on any atom is 0.323 e. The van der Waals surface area contributed by atoms with Crippen LogP contribution < -0.4 is 5.32 Å². The highest BCUT2D eigenvalue weighted by Gasteiger charge is 2.48. The zero-order valence-electron chi connectivity index (χ0n) is 10.8. The van der Waals surface area contributed by atoms with Crippen molar-refractivity contribution in [2.75, 3.05) is 6.54 Å². The molecule has 0 aromatic heterocycles. The van der Waals surface area contributed by atoms with Gasteiger partial charge in [0.15, 0.2) is 0 Å². The Morgan fingerprint density at radius 3 is 2.79 bits per heavy atom. The quantitative estimate of drug-likeness (QED) is 0.879. The van der Waals surface area contributed by atoms with Crippen molar-refractivity contribution in [1.82, 2.24) is 10.2 Å². The number of amides is 2. The summed E-state index contributed by atoms with van der Waals surface area (Å²) in [6.07, 6.45) is 0.744. The molecule has 0 aliphatic carbocycles. The smallest absolute Gasteiger partial charge is 0.308 e. The Balaban J connectivity index is 2.54. The molecule has 19 heavy (non-hydrogen) atoms. The summed E-state index contributed by atoms with van der Waals surface area (Å²) in [5, 5.41) is 10.5. The van der Waals surface area contributed by atoms with Crippen LogP contribution in [-0.2, 0) is 5.54 Å². The van der Waals surface area contributed by atoms with E-state index in [9.17, 15) is 9.18 Å². The predicted molar refractivity (Wildman–Crippen MR) is 74.7 cm³/mol. The zero-order chi connectivity index (χ0) is 14.2. The van der Waals surface area contributed by atoms with Gasteiger partial charge in [-0.1, -0.05) is 28.9 Å². The van der Waals surface area contributed by atoms with Crippen molar-refractivity contribution in [2.45, 2.75) is 25.8 Å². The van der Waals surface area contributed by atoms with Crippen molar-refractivity contribution in [3.63, 3.8) is 0 Å². The van der Waals surface area contributed by atoms with E-state index in [-0.39, 0.29) is 11.9 Å². The number of carbonyl (C=O) groups is 1. The molecule has 1 fully saturated rings. The average Bonchev–Trinajstić information content (AvgIpc) is 2.54. The van der Waals surface area contributed by atoms with Crippen molar-refractivity contribution in [1.29, 1.82) is 5.41 Å². The summed E-state index contributed by atoms with van der Waals surface area (Å²) in [5.74, 6) is -0.425. The number of amidine groups is 1. The lowest BCUT2D eigenvalue weighted by atomic mass is 9.89. The molecule has 1 heterocycles. The molecule has 1 unspecified atom stereocenters. The van der Waals surface area contributed by atoms with Gasteiger partial charge in [0.2, 0.25) is 0 Å². The second-order valence-corrected chi connectivity index (χ2v) is 5.57. The molecule has 1 aromatic rings. The summed E-state index contributed by atoms with van der Waals surface area (Å²) >= 11 is 3.21. The molecule has 0 spiro atoms. The molecular weight excluding hydrogens is 313 g/mol. The minimum atomic E-state index is -1.07. The van der Waals surface area contributed by atoms with Gasteiger partial charge >= 0.3 is 6.03 Å². The Morgan fingerprint density at radius 1 is 1.53 bits per heavy atom. The van der Waals surface area contributed by atoms with E-state index < -0.39 is 11.4 Å². The Hall–Kier alpha value is -1.43. The van der Waals surface area contributed by atoms with Crippen molar-refractivity contribution in [2.24, 2.45) is 0 Å². The zero-order valence-corrected chi connectivity index (χ0v) is 12.3. The minimum absolute atomic E-state index is 0.00664. The van der Waals surface area contributed by atoms with Crippen molar-refractivity contribution >= 4 is 27.8 Å². The summed E-state index contributed by atoms with van der Waals surface area (Å²) in [7, 11) is 0.